The minimum Gasteiger partial charge on any atom is -0.478 e. The normalized spacial score (nSPS) is 14.5. The van der Waals surface area contributed by atoms with Crippen LogP contribution in [0.5, 0.6) is 0 Å². The Morgan fingerprint density at radius 1 is 1.00 bits per heavy atom. The number of likely N-dealkylation sites (N-methyl/N-ethyl adjacent to an activating group) is 1. The Kier molecular flexibility index (Phi) is 5.71. The van der Waals surface area contributed by atoms with Crippen molar-refractivity contribution < 1.29 is 19.5 Å². The number of nitrogens with one attached hydrogen (secondary N) is 1. The molecule has 0 unspecified atom stereocenters. The molecule has 0 saturated carbocycles. The van der Waals surface area contributed by atoms with Crippen molar-refractivity contribution in [1.82, 2.24) is 9.47 Å². The molecule has 8 heteroatoms. The molecule has 2 aromatic carbocycles. The highest BCUT2D eigenvalue weighted by atomic mass is 16.4. The molecule has 32 heavy (non-hydrogen) atoms. The van der Waals surface area contributed by atoms with Crippen LogP contribution in [0.4, 0.5) is 11.4 Å². The molecule has 2 heterocycles. The van der Waals surface area contributed by atoms with E-state index in [-0.39, 0.29) is 11.5 Å². The van der Waals surface area contributed by atoms with Gasteiger partial charge in [0.25, 0.3) is 5.91 Å². The highest BCUT2D eigenvalue weighted by molar-refractivity contribution is 6.15. The molecule has 1 fully saturated rings. The average Bonchev–Trinajstić information content (AvgIpc) is 3.16. The Bertz CT molecular complexity index is 1220. The lowest BCUT2D eigenvalue weighted by atomic mass is 10.0. The molecule has 0 aliphatic carbocycles. The molecule has 3 aromatic rings. The Balaban J connectivity index is 1.72. The van der Waals surface area contributed by atoms with Crippen LogP contribution in [0.15, 0.2) is 42.6 Å². The fourth-order valence-corrected chi connectivity index (χ4v) is 4.11. The summed E-state index contributed by atoms with van der Waals surface area (Å²) in [5.74, 6) is -1.63. The van der Waals surface area contributed by atoms with Gasteiger partial charge in [-0.1, -0.05) is 18.2 Å². The van der Waals surface area contributed by atoms with Gasteiger partial charge in [0.15, 0.2) is 0 Å². The van der Waals surface area contributed by atoms with Crippen LogP contribution in [0.25, 0.3) is 10.9 Å². The minimum absolute atomic E-state index is 0.155. The lowest BCUT2D eigenvalue weighted by Gasteiger charge is -2.34. The monoisotopic (exact) mass is 434 g/mol. The van der Waals surface area contributed by atoms with Crippen LogP contribution in [-0.4, -0.2) is 65.6 Å². The van der Waals surface area contributed by atoms with Crippen molar-refractivity contribution in [2.45, 2.75) is 13.8 Å². The first-order chi connectivity index (χ1) is 15.3. The molecule has 0 spiro atoms. The van der Waals surface area contributed by atoms with E-state index in [0.29, 0.717) is 27.7 Å². The molecule has 1 aromatic heterocycles. The first-order valence-corrected chi connectivity index (χ1v) is 10.5. The number of hydrogen-bond acceptors (Lipinski definition) is 5. The maximum absolute atomic E-state index is 13.2. The van der Waals surface area contributed by atoms with E-state index in [0.717, 1.165) is 31.9 Å². The summed E-state index contributed by atoms with van der Waals surface area (Å²) in [4.78, 5) is 41.5. The van der Waals surface area contributed by atoms with Crippen molar-refractivity contribution in [3.8, 4) is 0 Å². The zero-order chi connectivity index (χ0) is 23.0. The highest BCUT2D eigenvalue weighted by Crippen LogP contribution is 2.30. The summed E-state index contributed by atoms with van der Waals surface area (Å²) in [6, 6.07) is 10.7. The number of benzene rings is 2. The summed E-state index contributed by atoms with van der Waals surface area (Å²) in [5, 5.41) is 13.3. The number of carboxylic acid groups (broad SMARTS) is 1. The second-order valence-corrected chi connectivity index (χ2v) is 8.16. The molecule has 1 aliphatic heterocycles. The number of aromatic carboxylic acids is 1. The lowest BCUT2D eigenvalue weighted by Crippen LogP contribution is -2.44. The second-order valence-electron chi connectivity index (χ2n) is 8.16. The third-order valence-corrected chi connectivity index (χ3v) is 6.04. The molecule has 0 radical (unpaired) electrons. The molecule has 1 aliphatic rings. The predicted octanol–water partition coefficient (Wildman–Crippen LogP) is 3.31. The van der Waals surface area contributed by atoms with Crippen molar-refractivity contribution >= 4 is 40.1 Å². The Labute approximate surface area is 186 Å². The van der Waals surface area contributed by atoms with Gasteiger partial charge < -0.3 is 20.2 Å². The topological polar surface area (TPSA) is 94.9 Å². The van der Waals surface area contributed by atoms with Gasteiger partial charge in [-0.25, -0.2) is 4.79 Å². The summed E-state index contributed by atoms with van der Waals surface area (Å²) in [7, 11) is 2.05. The number of piperazine rings is 1. The van der Waals surface area contributed by atoms with Gasteiger partial charge in [-0.15, -0.1) is 0 Å². The van der Waals surface area contributed by atoms with Gasteiger partial charge in [0.1, 0.15) is 0 Å². The van der Waals surface area contributed by atoms with Crippen molar-refractivity contribution in [1.29, 1.82) is 0 Å². The number of carboxylic acids is 1. The fourth-order valence-electron chi connectivity index (χ4n) is 4.11. The summed E-state index contributed by atoms with van der Waals surface area (Å²) >= 11 is 0. The van der Waals surface area contributed by atoms with E-state index in [9.17, 15) is 19.5 Å². The van der Waals surface area contributed by atoms with Crippen LogP contribution < -0.4 is 10.2 Å². The quantitative estimate of drug-likeness (QED) is 0.654. The Hall–Kier alpha value is -3.65. The molecule has 1 amide bonds. The summed E-state index contributed by atoms with van der Waals surface area (Å²) in [6.07, 6.45) is 1.53. The van der Waals surface area contributed by atoms with Crippen LogP contribution in [0.2, 0.25) is 0 Å². The lowest BCUT2D eigenvalue weighted by molar-refractivity contribution is 0.0695. The maximum atomic E-state index is 13.2. The molecule has 2 N–H and O–H groups in total. The first-order valence-electron chi connectivity index (χ1n) is 10.5. The van der Waals surface area contributed by atoms with Gasteiger partial charge in [-0.2, -0.15) is 0 Å². The van der Waals surface area contributed by atoms with Crippen LogP contribution in [0.3, 0.4) is 0 Å². The molecule has 0 bridgehead atoms. The highest BCUT2D eigenvalue weighted by Gasteiger charge is 2.22. The number of amides is 1. The largest absolute Gasteiger partial charge is 0.478 e. The molecular formula is C24H26N4O4. The summed E-state index contributed by atoms with van der Waals surface area (Å²) in [5.41, 5.74) is 2.87. The molecule has 8 nitrogen and oxygen atoms in total. The number of para-hydroxylation sites is 1. The fraction of sp³-hybridized carbons (Fsp3) is 0.292. The van der Waals surface area contributed by atoms with E-state index >= 15 is 0 Å². The van der Waals surface area contributed by atoms with Crippen molar-refractivity contribution in [2.75, 3.05) is 43.4 Å². The van der Waals surface area contributed by atoms with Crippen molar-refractivity contribution in [3.05, 3.63) is 59.3 Å². The smallest absolute Gasteiger partial charge is 0.336 e. The van der Waals surface area contributed by atoms with E-state index in [1.54, 1.807) is 25.1 Å². The molecule has 0 atom stereocenters. The average molecular weight is 434 g/mol. The van der Waals surface area contributed by atoms with Crippen LogP contribution >= 0.6 is 0 Å². The molecule has 166 valence electrons. The van der Waals surface area contributed by atoms with Crippen molar-refractivity contribution in [3.63, 3.8) is 0 Å². The number of nitrogens with zero attached hydrogens (tertiary/aromatic N) is 3. The van der Waals surface area contributed by atoms with E-state index in [1.807, 2.05) is 18.2 Å². The first kappa shape index (κ1) is 21.6. The number of fused-ring (bicyclic) bond motifs is 1. The van der Waals surface area contributed by atoms with Gasteiger partial charge in [0.05, 0.1) is 16.6 Å². The minimum atomic E-state index is -1.04. The van der Waals surface area contributed by atoms with E-state index in [1.165, 1.54) is 17.7 Å². The van der Waals surface area contributed by atoms with E-state index < -0.39 is 11.9 Å². The van der Waals surface area contributed by atoms with Crippen LogP contribution in [-0.2, 0) is 0 Å². The third kappa shape index (κ3) is 3.97. The zero-order valence-electron chi connectivity index (χ0n) is 18.4. The van der Waals surface area contributed by atoms with E-state index in [4.69, 9.17) is 0 Å². The number of hydrogen-bond donors (Lipinski definition) is 2. The van der Waals surface area contributed by atoms with Gasteiger partial charge in [0, 0.05) is 56.1 Å². The molecule has 4 rings (SSSR count). The SMILES string of the molecule is CC(=O)n1cc(C(=O)Nc2cc(N3CCN(C)CC3)cc(C(=O)O)c2C)c2ccccc21. The third-order valence-electron chi connectivity index (χ3n) is 6.04. The Morgan fingerprint density at radius 2 is 1.69 bits per heavy atom. The van der Waals surface area contributed by atoms with Gasteiger partial charge >= 0.3 is 5.97 Å². The number of rotatable bonds is 4. The number of carbonyl (C=O) groups excluding carboxylic acids is 2. The van der Waals surface area contributed by atoms with Gasteiger partial charge in [-0.3, -0.25) is 14.2 Å². The maximum Gasteiger partial charge on any atom is 0.336 e. The predicted molar refractivity (Wildman–Crippen MR) is 124 cm³/mol. The zero-order valence-corrected chi connectivity index (χ0v) is 18.4. The van der Waals surface area contributed by atoms with E-state index in [2.05, 4.69) is 22.2 Å². The molecular weight excluding hydrogens is 408 g/mol. The van der Waals surface area contributed by atoms with Crippen LogP contribution in [0.1, 0.15) is 38.0 Å². The molecule has 1 saturated heterocycles. The van der Waals surface area contributed by atoms with Gasteiger partial charge in [-0.05, 0) is 37.7 Å². The number of aromatic nitrogens is 1. The van der Waals surface area contributed by atoms with Crippen LogP contribution in [0, 0.1) is 6.92 Å². The van der Waals surface area contributed by atoms with Crippen molar-refractivity contribution in [2.24, 2.45) is 0 Å². The number of carbonyl (C=O) groups is 3. The number of anilines is 2. The van der Waals surface area contributed by atoms with Gasteiger partial charge in [0.2, 0.25) is 5.91 Å². The summed E-state index contributed by atoms with van der Waals surface area (Å²) in [6.45, 7) is 6.43. The Morgan fingerprint density at radius 3 is 2.34 bits per heavy atom. The second kappa shape index (κ2) is 8.47. The standard InChI is InChI=1S/C24H26N4O4/c1-15-19(24(31)32)12-17(27-10-8-26(3)9-11-27)13-21(15)25-23(30)20-14-28(16(2)29)22-7-5-4-6-18(20)22/h4-7,12-14H,8-11H2,1-3H3,(H,25,30)(H,31,32). The summed E-state index contributed by atoms with van der Waals surface area (Å²) < 4.78 is 1.44.